The average Bonchev–Trinajstić information content (AvgIpc) is 3.19. The molecule has 8 nitrogen and oxygen atoms in total. The highest BCUT2D eigenvalue weighted by Gasteiger charge is 2.33. The largest absolute Gasteiger partial charge is 0.493 e. The Morgan fingerprint density at radius 1 is 1.17 bits per heavy atom. The lowest BCUT2D eigenvalue weighted by Gasteiger charge is -2.30. The zero-order chi connectivity index (χ0) is 25.4. The molecule has 2 aromatic carbocycles. The predicted molar refractivity (Wildman–Crippen MR) is 133 cm³/mol. The molecule has 1 fully saturated rings. The number of halogens is 1. The Balaban J connectivity index is 1.34. The zero-order valence-corrected chi connectivity index (χ0v) is 20.9. The van der Waals surface area contributed by atoms with Gasteiger partial charge in [0.05, 0.1) is 33.1 Å². The molecule has 0 radical (unpaired) electrons. The average molecular weight is 500 g/mol. The van der Waals surface area contributed by atoms with Gasteiger partial charge in [0, 0.05) is 44.9 Å². The number of nitrogens with zero attached hydrogens (tertiary/aromatic N) is 3. The molecule has 1 aliphatic heterocycles. The summed E-state index contributed by atoms with van der Waals surface area (Å²) in [6.45, 7) is 5.58. The molecule has 1 N–H and O–H groups in total. The van der Waals surface area contributed by atoms with E-state index in [4.69, 9.17) is 18.9 Å². The van der Waals surface area contributed by atoms with Gasteiger partial charge in [0.15, 0.2) is 11.5 Å². The first-order valence-electron chi connectivity index (χ1n) is 12.1. The minimum atomic E-state index is -1.22. The predicted octanol–water partition coefficient (Wildman–Crippen LogP) is 3.45. The molecule has 36 heavy (non-hydrogen) atoms. The molecule has 9 heteroatoms. The van der Waals surface area contributed by atoms with E-state index in [2.05, 4.69) is 10.00 Å². The van der Waals surface area contributed by atoms with Crippen molar-refractivity contribution in [3.05, 3.63) is 71.8 Å². The van der Waals surface area contributed by atoms with Crippen molar-refractivity contribution < 1.29 is 28.4 Å². The summed E-state index contributed by atoms with van der Waals surface area (Å²) in [4.78, 5) is 2.12. The molecule has 1 unspecified atom stereocenters. The van der Waals surface area contributed by atoms with E-state index < -0.39 is 5.60 Å². The SMILES string of the molecule is COc1ccc(CN2CCOCC(O)(COc3cccc(F)c3)C2)cc1OCCCn1cc(C)cn1. The number of aliphatic hydroxyl groups is 1. The fraction of sp³-hybridized carbons (Fsp3) is 0.444. The summed E-state index contributed by atoms with van der Waals surface area (Å²) in [5.74, 6) is 1.35. The molecular weight excluding hydrogens is 465 g/mol. The quantitative estimate of drug-likeness (QED) is 0.405. The number of hydrogen-bond donors (Lipinski definition) is 1. The zero-order valence-electron chi connectivity index (χ0n) is 20.9. The molecule has 194 valence electrons. The Morgan fingerprint density at radius 2 is 2.06 bits per heavy atom. The van der Waals surface area contributed by atoms with Crippen LogP contribution in [0, 0.1) is 12.7 Å². The summed E-state index contributed by atoms with van der Waals surface area (Å²) in [6.07, 6.45) is 4.67. The molecule has 0 saturated carbocycles. The summed E-state index contributed by atoms with van der Waals surface area (Å²) in [5, 5.41) is 15.5. The van der Waals surface area contributed by atoms with Crippen LogP contribution in [0.15, 0.2) is 54.9 Å². The second-order valence-corrected chi connectivity index (χ2v) is 9.20. The van der Waals surface area contributed by atoms with Gasteiger partial charge in [-0.25, -0.2) is 4.39 Å². The molecule has 0 amide bonds. The van der Waals surface area contributed by atoms with E-state index in [9.17, 15) is 9.50 Å². The van der Waals surface area contributed by atoms with E-state index in [0.717, 1.165) is 24.1 Å². The molecule has 4 rings (SSSR count). The second kappa shape index (κ2) is 12.2. The Labute approximate surface area is 211 Å². The number of benzene rings is 2. The van der Waals surface area contributed by atoms with Crippen LogP contribution >= 0.6 is 0 Å². The van der Waals surface area contributed by atoms with Crippen LogP contribution in [-0.2, 0) is 17.8 Å². The fourth-order valence-electron chi connectivity index (χ4n) is 4.18. The van der Waals surface area contributed by atoms with Crippen molar-refractivity contribution in [2.75, 3.05) is 46.6 Å². The third-order valence-corrected chi connectivity index (χ3v) is 5.93. The number of aryl methyl sites for hydroxylation is 2. The van der Waals surface area contributed by atoms with Gasteiger partial charge < -0.3 is 24.1 Å². The minimum Gasteiger partial charge on any atom is -0.493 e. The van der Waals surface area contributed by atoms with Crippen LogP contribution in [0.1, 0.15) is 17.5 Å². The molecule has 0 bridgehead atoms. The minimum absolute atomic E-state index is 0.000294. The molecule has 1 saturated heterocycles. The molecule has 1 aliphatic rings. The maximum absolute atomic E-state index is 13.5. The van der Waals surface area contributed by atoms with E-state index in [1.165, 1.54) is 12.1 Å². The van der Waals surface area contributed by atoms with Gasteiger partial charge in [-0.15, -0.1) is 0 Å². The lowest BCUT2D eigenvalue weighted by molar-refractivity contribution is -0.0647. The highest BCUT2D eigenvalue weighted by molar-refractivity contribution is 5.43. The number of ether oxygens (including phenoxy) is 4. The number of β-amino-alcohol motifs (C(OH)–C–C–N with tert-alkyl or cyclic N) is 1. The van der Waals surface area contributed by atoms with Gasteiger partial charge in [0.1, 0.15) is 23.8 Å². The number of hydrogen-bond acceptors (Lipinski definition) is 7. The smallest absolute Gasteiger partial charge is 0.161 e. The molecule has 3 aromatic rings. The van der Waals surface area contributed by atoms with Crippen molar-refractivity contribution in [2.24, 2.45) is 0 Å². The lowest BCUT2D eigenvalue weighted by Crippen LogP contribution is -2.48. The summed E-state index contributed by atoms with van der Waals surface area (Å²) in [5.41, 5.74) is 0.944. The van der Waals surface area contributed by atoms with Crippen molar-refractivity contribution >= 4 is 0 Å². The van der Waals surface area contributed by atoms with Crippen LogP contribution in [0.3, 0.4) is 0 Å². The molecule has 1 atom stereocenters. The van der Waals surface area contributed by atoms with Crippen molar-refractivity contribution in [2.45, 2.75) is 32.0 Å². The van der Waals surface area contributed by atoms with E-state index >= 15 is 0 Å². The molecule has 1 aromatic heterocycles. The second-order valence-electron chi connectivity index (χ2n) is 9.20. The molecular formula is C27H34FN3O5. The van der Waals surface area contributed by atoms with Gasteiger partial charge >= 0.3 is 0 Å². The normalized spacial score (nSPS) is 18.6. The van der Waals surface area contributed by atoms with Crippen LogP contribution in [0.5, 0.6) is 17.2 Å². The van der Waals surface area contributed by atoms with Gasteiger partial charge in [0.2, 0.25) is 0 Å². The van der Waals surface area contributed by atoms with Crippen molar-refractivity contribution in [1.82, 2.24) is 14.7 Å². The summed E-state index contributed by atoms with van der Waals surface area (Å²) < 4.78 is 38.2. The number of rotatable bonds is 11. The van der Waals surface area contributed by atoms with Gasteiger partial charge in [-0.1, -0.05) is 12.1 Å². The summed E-state index contributed by atoms with van der Waals surface area (Å²) >= 11 is 0. The van der Waals surface area contributed by atoms with Crippen LogP contribution in [0.2, 0.25) is 0 Å². The number of aromatic nitrogens is 2. The monoisotopic (exact) mass is 499 g/mol. The summed E-state index contributed by atoms with van der Waals surface area (Å²) in [7, 11) is 1.62. The molecule has 0 aliphatic carbocycles. The van der Waals surface area contributed by atoms with E-state index in [-0.39, 0.29) is 19.0 Å². The topological polar surface area (TPSA) is 78.2 Å². The third-order valence-electron chi connectivity index (χ3n) is 5.93. The van der Waals surface area contributed by atoms with Crippen molar-refractivity contribution in [1.29, 1.82) is 0 Å². The maximum atomic E-state index is 13.5. The van der Waals surface area contributed by atoms with Gasteiger partial charge in [-0.05, 0) is 42.3 Å². The Bertz CT molecular complexity index is 1120. The Kier molecular flexibility index (Phi) is 8.79. The maximum Gasteiger partial charge on any atom is 0.161 e. The lowest BCUT2D eigenvalue weighted by atomic mass is 10.1. The first-order chi connectivity index (χ1) is 17.4. The summed E-state index contributed by atoms with van der Waals surface area (Å²) in [6, 6.07) is 11.8. The number of methoxy groups -OCH3 is 1. The molecule has 2 heterocycles. The van der Waals surface area contributed by atoms with E-state index in [1.54, 1.807) is 19.2 Å². The Hall–Kier alpha value is -3.14. The first-order valence-corrected chi connectivity index (χ1v) is 12.1. The van der Waals surface area contributed by atoms with Gasteiger partial charge in [-0.2, -0.15) is 5.10 Å². The highest BCUT2D eigenvalue weighted by Crippen LogP contribution is 2.29. The van der Waals surface area contributed by atoms with Gasteiger partial charge in [-0.3, -0.25) is 9.58 Å². The van der Waals surface area contributed by atoms with E-state index in [0.29, 0.717) is 50.1 Å². The van der Waals surface area contributed by atoms with Crippen molar-refractivity contribution in [3.63, 3.8) is 0 Å². The van der Waals surface area contributed by atoms with Gasteiger partial charge in [0.25, 0.3) is 0 Å². The fourth-order valence-corrected chi connectivity index (χ4v) is 4.18. The van der Waals surface area contributed by atoms with Crippen molar-refractivity contribution in [3.8, 4) is 17.2 Å². The van der Waals surface area contributed by atoms with Crippen LogP contribution in [-0.4, -0.2) is 72.0 Å². The highest BCUT2D eigenvalue weighted by atomic mass is 19.1. The van der Waals surface area contributed by atoms with Crippen LogP contribution in [0.4, 0.5) is 4.39 Å². The van der Waals surface area contributed by atoms with Crippen LogP contribution < -0.4 is 14.2 Å². The first kappa shape index (κ1) is 25.9. The third kappa shape index (κ3) is 7.43. The van der Waals surface area contributed by atoms with Crippen LogP contribution in [0.25, 0.3) is 0 Å². The standard InChI is InChI=1S/C27H34FN3O5/c1-21-15-29-31(16-21)9-4-11-35-26-13-22(7-8-25(26)33-2)17-30-10-12-34-19-27(32,18-30)20-36-24-6-3-5-23(28)14-24/h3,5-8,13-16,32H,4,9-12,17-20H2,1-2H3. The molecule has 0 spiro atoms. The Morgan fingerprint density at radius 3 is 2.83 bits per heavy atom. The van der Waals surface area contributed by atoms with E-state index in [1.807, 2.05) is 42.2 Å².